The van der Waals surface area contributed by atoms with Crippen molar-refractivity contribution in [2.75, 3.05) is 44.2 Å². The molecular formula is C19H22FN5O4. The van der Waals surface area contributed by atoms with Crippen molar-refractivity contribution in [2.45, 2.75) is 6.92 Å². The van der Waals surface area contributed by atoms with Gasteiger partial charge < -0.3 is 24.6 Å². The van der Waals surface area contributed by atoms with Crippen LogP contribution in [0.1, 0.15) is 6.92 Å². The number of ether oxygens (including phenoxy) is 2. The topological polar surface area (TPSA) is 96.9 Å². The van der Waals surface area contributed by atoms with Gasteiger partial charge in [0.2, 0.25) is 5.88 Å². The molecule has 0 spiro atoms. The molecule has 0 unspecified atom stereocenters. The number of carbonyl (C=O) groups is 2. The van der Waals surface area contributed by atoms with E-state index < -0.39 is 11.8 Å². The number of carbonyl (C=O) groups excluding carboxylic acids is 2. The van der Waals surface area contributed by atoms with Crippen LogP contribution >= 0.6 is 0 Å². The molecular weight excluding hydrogens is 381 g/mol. The van der Waals surface area contributed by atoms with E-state index in [9.17, 15) is 14.0 Å². The van der Waals surface area contributed by atoms with Crippen molar-refractivity contribution in [1.29, 1.82) is 0 Å². The molecule has 0 saturated carbocycles. The molecule has 2 amide bonds. The second kappa shape index (κ2) is 9.67. The standard InChI is InChI=1S/C19H22FN5O4/c1-2-28-18(26)12-21-19(27)25-8-6-24(7-9-25)16-11-17(23-13-22-16)29-15-5-3-4-14(20)10-15/h3-5,10-11,13H,2,6-9,12H2,1H3,(H,21,27). The molecule has 2 heterocycles. The van der Waals surface area contributed by atoms with Gasteiger partial charge in [-0.2, -0.15) is 0 Å². The number of rotatable bonds is 6. The van der Waals surface area contributed by atoms with E-state index in [2.05, 4.69) is 15.3 Å². The van der Waals surface area contributed by atoms with Gasteiger partial charge >= 0.3 is 12.0 Å². The molecule has 1 fully saturated rings. The lowest BCUT2D eigenvalue weighted by atomic mass is 10.3. The summed E-state index contributed by atoms with van der Waals surface area (Å²) < 4.78 is 23.7. The summed E-state index contributed by atoms with van der Waals surface area (Å²) in [4.78, 5) is 35.4. The second-order valence-electron chi connectivity index (χ2n) is 6.21. The lowest BCUT2D eigenvalue weighted by molar-refractivity contribution is -0.141. The van der Waals surface area contributed by atoms with Crippen LogP contribution in [-0.4, -0.2) is 66.2 Å². The van der Waals surface area contributed by atoms with E-state index in [0.29, 0.717) is 43.6 Å². The Kier molecular flexibility index (Phi) is 6.77. The van der Waals surface area contributed by atoms with Gasteiger partial charge in [0.25, 0.3) is 0 Å². The Bertz CT molecular complexity index is 858. The third kappa shape index (κ3) is 5.77. The second-order valence-corrected chi connectivity index (χ2v) is 6.21. The predicted octanol–water partition coefficient (Wildman–Crippen LogP) is 1.80. The van der Waals surface area contributed by atoms with Gasteiger partial charge in [-0.1, -0.05) is 6.07 Å². The highest BCUT2D eigenvalue weighted by atomic mass is 19.1. The molecule has 2 aromatic rings. The highest BCUT2D eigenvalue weighted by Crippen LogP contribution is 2.23. The fraction of sp³-hybridized carbons (Fsp3) is 0.368. The molecule has 9 nitrogen and oxygen atoms in total. The SMILES string of the molecule is CCOC(=O)CNC(=O)N1CCN(c2cc(Oc3cccc(F)c3)ncn2)CC1. The minimum atomic E-state index is -0.466. The first-order chi connectivity index (χ1) is 14.0. The number of hydrogen-bond acceptors (Lipinski definition) is 7. The molecule has 0 aliphatic carbocycles. The molecule has 1 aromatic heterocycles. The van der Waals surface area contributed by atoms with Gasteiger partial charge in [-0.25, -0.2) is 19.2 Å². The number of esters is 1. The van der Waals surface area contributed by atoms with Crippen LogP contribution in [0, 0.1) is 5.82 Å². The normalized spacial score (nSPS) is 13.7. The minimum absolute atomic E-state index is 0.153. The molecule has 1 aliphatic rings. The van der Waals surface area contributed by atoms with Crippen molar-refractivity contribution in [3.63, 3.8) is 0 Å². The summed E-state index contributed by atoms with van der Waals surface area (Å²) in [6.07, 6.45) is 1.38. The predicted molar refractivity (Wildman–Crippen MR) is 102 cm³/mol. The molecule has 1 N–H and O–H groups in total. The van der Waals surface area contributed by atoms with Crippen LogP contribution in [0.5, 0.6) is 11.6 Å². The summed E-state index contributed by atoms with van der Waals surface area (Å²) >= 11 is 0. The molecule has 1 saturated heterocycles. The summed E-state index contributed by atoms with van der Waals surface area (Å²) in [6, 6.07) is 7.16. The van der Waals surface area contributed by atoms with Crippen molar-refractivity contribution in [2.24, 2.45) is 0 Å². The van der Waals surface area contributed by atoms with E-state index >= 15 is 0 Å². The lowest BCUT2D eigenvalue weighted by Gasteiger charge is -2.35. The van der Waals surface area contributed by atoms with E-state index in [1.165, 1.54) is 18.5 Å². The van der Waals surface area contributed by atoms with Gasteiger partial charge in [0.05, 0.1) is 6.61 Å². The number of halogens is 1. The zero-order valence-corrected chi connectivity index (χ0v) is 16.0. The molecule has 154 valence electrons. The summed E-state index contributed by atoms with van der Waals surface area (Å²) in [5.41, 5.74) is 0. The minimum Gasteiger partial charge on any atom is -0.465 e. The first-order valence-electron chi connectivity index (χ1n) is 9.24. The maximum Gasteiger partial charge on any atom is 0.325 e. The average molecular weight is 403 g/mol. The zero-order valence-electron chi connectivity index (χ0n) is 16.0. The first kappa shape index (κ1) is 20.3. The van der Waals surface area contributed by atoms with Crippen LogP contribution in [-0.2, 0) is 9.53 Å². The summed E-state index contributed by atoms with van der Waals surface area (Å²) in [6.45, 7) is 3.89. The Morgan fingerprint density at radius 2 is 1.97 bits per heavy atom. The fourth-order valence-electron chi connectivity index (χ4n) is 2.82. The van der Waals surface area contributed by atoms with Crippen LogP contribution in [0.3, 0.4) is 0 Å². The van der Waals surface area contributed by atoms with Gasteiger partial charge in [0, 0.05) is 38.3 Å². The van der Waals surface area contributed by atoms with E-state index in [4.69, 9.17) is 9.47 Å². The number of anilines is 1. The van der Waals surface area contributed by atoms with Gasteiger partial charge in [-0.3, -0.25) is 4.79 Å². The lowest BCUT2D eigenvalue weighted by Crippen LogP contribution is -2.52. The van der Waals surface area contributed by atoms with Crippen LogP contribution in [0.15, 0.2) is 36.7 Å². The maximum absolute atomic E-state index is 13.3. The van der Waals surface area contributed by atoms with Crippen molar-refractivity contribution < 1.29 is 23.5 Å². The maximum atomic E-state index is 13.3. The quantitative estimate of drug-likeness (QED) is 0.735. The Labute approximate surface area is 167 Å². The molecule has 10 heteroatoms. The number of urea groups is 1. The van der Waals surface area contributed by atoms with Crippen molar-refractivity contribution >= 4 is 17.8 Å². The van der Waals surface area contributed by atoms with Crippen LogP contribution < -0.4 is 15.0 Å². The highest BCUT2D eigenvalue weighted by molar-refractivity contribution is 5.81. The number of aromatic nitrogens is 2. The van der Waals surface area contributed by atoms with E-state index in [0.717, 1.165) is 0 Å². The van der Waals surface area contributed by atoms with Crippen molar-refractivity contribution in [1.82, 2.24) is 20.2 Å². The summed E-state index contributed by atoms with van der Waals surface area (Å²) in [5, 5.41) is 2.55. The third-order valence-corrected chi connectivity index (χ3v) is 4.23. The average Bonchev–Trinajstić information content (AvgIpc) is 2.72. The Hall–Kier alpha value is -3.43. The largest absolute Gasteiger partial charge is 0.465 e. The number of nitrogens with zero attached hydrogens (tertiary/aromatic N) is 4. The van der Waals surface area contributed by atoms with E-state index in [1.54, 1.807) is 30.0 Å². The number of hydrogen-bond donors (Lipinski definition) is 1. The summed E-state index contributed by atoms with van der Waals surface area (Å²) in [7, 11) is 0. The first-order valence-corrected chi connectivity index (χ1v) is 9.24. The molecule has 1 aromatic carbocycles. The monoisotopic (exact) mass is 403 g/mol. The van der Waals surface area contributed by atoms with Gasteiger partial charge in [0.15, 0.2) is 0 Å². The van der Waals surface area contributed by atoms with Crippen molar-refractivity contribution in [3.8, 4) is 11.6 Å². The number of piperazine rings is 1. The molecule has 1 aliphatic heterocycles. The Balaban J connectivity index is 1.53. The van der Waals surface area contributed by atoms with Crippen molar-refractivity contribution in [3.05, 3.63) is 42.5 Å². The number of benzene rings is 1. The van der Waals surface area contributed by atoms with E-state index in [-0.39, 0.29) is 19.2 Å². The van der Waals surface area contributed by atoms with Crippen LogP contribution in [0.2, 0.25) is 0 Å². The van der Waals surface area contributed by atoms with Crippen LogP contribution in [0.4, 0.5) is 15.0 Å². The fourth-order valence-corrected chi connectivity index (χ4v) is 2.82. The van der Waals surface area contributed by atoms with Gasteiger partial charge in [-0.05, 0) is 19.1 Å². The molecule has 0 bridgehead atoms. The molecule has 29 heavy (non-hydrogen) atoms. The Morgan fingerprint density at radius 3 is 2.69 bits per heavy atom. The van der Waals surface area contributed by atoms with E-state index in [1.807, 2.05) is 4.90 Å². The molecule has 3 rings (SSSR count). The van der Waals surface area contributed by atoms with Gasteiger partial charge in [0.1, 0.15) is 30.3 Å². The smallest absolute Gasteiger partial charge is 0.325 e. The third-order valence-electron chi connectivity index (χ3n) is 4.23. The Morgan fingerprint density at radius 1 is 1.17 bits per heavy atom. The number of nitrogens with one attached hydrogen (secondary N) is 1. The zero-order chi connectivity index (χ0) is 20.6. The summed E-state index contributed by atoms with van der Waals surface area (Å²) in [5.74, 6) is 0.436. The molecule has 0 radical (unpaired) electrons. The highest BCUT2D eigenvalue weighted by Gasteiger charge is 2.22. The van der Waals surface area contributed by atoms with Gasteiger partial charge in [-0.15, -0.1) is 0 Å². The van der Waals surface area contributed by atoms with Crippen LogP contribution in [0.25, 0.3) is 0 Å². The number of amides is 2. The molecule has 0 atom stereocenters.